The molecule has 1 aliphatic rings. The lowest BCUT2D eigenvalue weighted by molar-refractivity contribution is 0.124. The largest absolute Gasteiger partial charge is 0.475 e. The first kappa shape index (κ1) is 18.3. The molecule has 1 aliphatic heterocycles. The highest BCUT2D eigenvalue weighted by molar-refractivity contribution is 6.14. The number of likely N-dealkylation sites (N-methyl/N-ethyl adjacent to an activating group) is 1. The molecule has 0 radical (unpaired) electrons. The van der Waals surface area contributed by atoms with Gasteiger partial charge in [0.15, 0.2) is 0 Å². The first-order valence-electron chi connectivity index (χ1n) is 8.74. The number of rotatable bonds is 7. The van der Waals surface area contributed by atoms with Gasteiger partial charge in [-0.05, 0) is 20.8 Å². The average Bonchev–Trinajstić information content (AvgIpc) is 3.04. The number of pyridine rings is 1. The van der Waals surface area contributed by atoms with Crippen LogP contribution >= 0.6 is 0 Å². The van der Waals surface area contributed by atoms with Crippen LogP contribution in [0.2, 0.25) is 0 Å². The fourth-order valence-corrected chi connectivity index (χ4v) is 2.82. The molecule has 0 amide bonds. The predicted molar refractivity (Wildman–Crippen MR) is 101 cm³/mol. The van der Waals surface area contributed by atoms with Gasteiger partial charge < -0.3 is 14.4 Å². The van der Waals surface area contributed by atoms with Crippen molar-refractivity contribution in [1.82, 2.24) is 15.0 Å². The van der Waals surface area contributed by atoms with Crippen LogP contribution in [0.3, 0.4) is 0 Å². The number of aliphatic imine (C=N–C) groups is 1. The van der Waals surface area contributed by atoms with E-state index in [1.54, 1.807) is 13.4 Å². The Labute approximate surface area is 154 Å². The summed E-state index contributed by atoms with van der Waals surface area (Å²) in [6.07, 6.45) is 3.60. The molecule has 0 N–H and O–H groups in total. The maximum atomic E-state index is 5.72. The quantitative estimate of drug-likeness (QED) is 0.760. The number of nitrogens with zero attached hydrogens (tertiary/aromatic N) is 5. The number of fused-ring (bicyclic) bond motifs is 1. The fraction of sp³-hybridized carbons (Fsp3) is 0.474. The molecule has 3 rings (SSSR count). The van der Waals surface area contributed by atoms with E-state index in [1.165, 1.54) is 0 Å². The average molecular weight is 355 g/mol. The number of hydrogen-bond donors (Lipinski definition) is 0. The smallest absolute Gasteiger partial charge is 0.214 e. The van der Waals surface area contributed by atoms with Crippen LogP contribution in [0.25, 0.3) is 0 Å². The van der Waals surface area contributed by atoms with Crippen LogP contribution in [0.5, 0.6) is 5.88 Å². The first-order valence-corrected chi connectivity index (χ1v) is 8.74. The lowest BCUT2D eigenvalue weighted by Crippen LogP contribution is -2.29. The van der Waals surface area contributed by atoms with Crippen LogP contribution in [-0.4, -0.2) is 53.6 Å². The molecule has 0 saturated heterocycles. The fourth-order valence-electron chi connectivity index (χ4n) is 2.82. The molecule has 1 atom stereocenters. The van der Waals surface area contributed by atoms with Gasteiger partial charge in [-0.25, -0.2) is 15.0 Å². The molecule has 0 saturated carbocycles. The summed E-state index contributed by atoms with van der Waals surface area (Å²) < 4.78 is 11.1. The van der Waals surface area contributed by atoms with Crippen LogP contribution in [0.15, 0.2) is 29.6 Å². The van der Waals surface area contributed by atoms with E-state index >= 15 is 0 Å². The Kier molecular flexibility index (Phi) is 5.46. The lowest BCUT2D eigenvalue weighted by Gasteiger charge is -2.21. The summed E-state index contributed by atoms with van der Waals surface area (Å²) in [5, 5.41) is 0. The number of ether oxygens (including phenoxy) is 2. The zero-order valence-corrected chi connectivity index (χ0v) is 15.9. The molecule has 0 bridgehead atoms. The monoisotopic (exact) mass is 355 g/mol. The minimum absolute atomic E-state index is 0.0735. The molecule has 3 heterocycles. The minimum Gasteiger partial charge on any atom is -0.475 e. The van der Waals surface area contributed by atoms with Crippen LogP contribution in [0.4, 0.5) is 5.82 Å². The van der Waals surface area contributed by atoms with Gasteiger partial charge in [0.1, 0.15) is 12.1 Å². The van der Waals surface area contributed by atoms with E-state index < -0.39 is 0 Å². The zero-order valence-electron chi connectivity index (χ0n) is 15.9. The molecular formula is C19H25N5O2. The molecule has 138 valence electrons. The van der Waals surface area contributed by atoms with E-state index in [1.807, 2.05) is 46.1 Å². The Morgan fingerprint density at radius 3 is 2.69 bits per heavy atom. The molecule has 1 unspecified atom stereocenters. The van der Waals surface area contributed by atoms with Crippen LogP contribution in [-0.2, 0) is 11.3 Å². The predicted octanol–water partition coefficient (Wildman–Crippen LogP) is 2.48. The van der Waals surface area contributed by atoms with Crippen molar-refractivity contribution in [3.8, 4) is 5.88 Å². The third-order valence-electron chi connectivity index (χ3n) is 4.20. The minimum atomic E-state index is 0.0735. The van der Waals surface area contributed by atoms with Crippen molar-refractivity contribution >= 4 is 11.5 Å². The van der Waals surface area contributed by atoms with Gasteiger partial charge in [-0.1, -0.05) is 0 Å². The van der Waals surface area contributed by atoms with Crippen molar-refractivity contribution in [3.05, 3.63) is 41.5 Å². The molecule has 0 aliphatic carbocycles. The summed E-state index contributed by atoms with van der Waals surface area (Å²) in [6, 6.07) is 3.90. The lowest BCUT2D eigenvalue weighted by atomic mass is 10.1. The zero-order chi connectivity index (χ0) is 18.7. The summed E-state index contributed by atoms with van der Waals surface area (Å²) >= 11 is 0. The summed E-state index contributed by atoms with van der Waals surface area (Å²) in [6.45, 7) is 7.34. The summed E-state index contributed by atoms with van der Waals surface area (Å²) in [4.78, 5) is 19.9. The first-order chi connectivity index (χ1) is 12.5. The normalized spacial score (nSPS) is 14.2. The number of hydrogen-bond acceptors (Lipinski definition) is 7. The third-order valence-corrected chi connectivity index (χ3v) is 4.20. The van der Waals surface area contributed by atoms with Crippen LogP contribution in [0, 0.1) is 0 Å². The van der Waals surface area contributed by atoms with Gasteiger partial charge in [-0.15, -0.1) is 0 Å². The van der Waals surface area contributed by atoms with Crippen molar-refractivity contribution in [2.24, 2.45) is 4.99 Å². The van der Waals surface area contributed by atoms with Crippen molar-refractivity contribution in [2.75, 3.05) is 25.6 Å². The van der Waals surface area contributed by atoms with Gasteiger partial charge in [-0.3, -0.25) is 4.99 Å². The second kappa shape index (κ2) is 7.78. The Morgan fingerprint density at radius 1 is 1.15 bits per heavy atom. The Morgan fingerprint density at radius 2 is 1.96 bits per heavy atom. The van der Waals surface area contributed by atoms with Crippen molar-refractivity contribution in [3.63, 3.8) is 0 Å². The molecule has 26 heavy (non-hydrogen) atoms. The van der Waals surface area contributed by atoms with E-state index in [2.05, 4.69) is 24.8 Å². The second-order valence-electron chi connectivity index (χ2n) is 6.70. The molecular weight excluding hydrogens is 330 g/mol. The van der Waals surface area contributed by atoms with Gasteiger partial charge in [0.05, 0.1) is 30.2 Å². The molecule has 0 aromatic carbocycles. The molecule has 0 spiro atoms. The van der Waals surface area contributed by atoms with Gasteiger partial charge in [0.25, 0.3) is 0 Å². The maximum absolute atomic E-state index is 5.72. The topological polar surface area (TPSA) is 72.7 Å². The molecule has 7 heteroatoms. The highest BCUT2D eigenvalue weighted by Gasteiger charge is 2.21. The van der Waals surface area contributed by atoms with Gasteiger partial charge in [-0.2, -0.15) is 0 Å². The molecule has 2 aromatic rings. The van der Waals surface area contributed by atoms with Crippen molar-refractivity contribution < 1.29 is 9.47 Å². The highest BCUT2D eigenvalue weighted by Crippen LogP contribution is 2.26. The number of anilines is 1. The summed E-state index contributed by atoms with van der Waals surface area (Å²) in [5.41, 5.74) is 3.76. The van der Waals surface area contributed by atoms with E-state index in [0.717, 1.165) is 34.9 Å². The van der Waals surface area contributed by atoms with Crippen LogP contribution < -0.4 is 9.64 Å². The van der Waals surface area contributed by atoms with E-state index in [9.17, 15) is 0 Å². The standard InChI is InChI=1S/C19H25N5O2/c1-12(2)26-18-6-15-14(8-20-18)9-21-19(15)16-7-17(23-11-22-16)24(4)10-13(3)25-5/h6-8,11-13H,9-10H2,1-5H3. The Bertz CT molecular complexity index is 806. The Balaban J connectivity index is 1.87. The second-order valence-corrected chi connectivity index (χ2v) is 6.70. The summed E-state index contributed by atoms with van der Waals surface area (Å²) in [5.74, 6) is 1.44. The number of methoxy groups -OCH3 is 1. The summed E-state index contributed by atoms with van der Waals surface area (Å²) in [7, 11) is 3.70. The number of aromatic nitrogens is 3. The van der Waals surface area contributed by atoms with Crippen LogP contribution in [0.1, 0.15) is 37.6 Å². The van der Waals surface area contributed by atoms with Crippen molar-refractivity contribution in [1.29, 1.82) is 0 Å². The van der Waals surface area contributed by atoms with E-state index in [-0.39, 0.29) is 12.2 Å². The van der Waals surface area contributed by atoms with E-state index in [0.29, 0.717) is 12.4 Å². The molecule has 7 nitrogen and oxygen atoms in total. The highest BCUT2D eigenvalue weighted by atomic mass is 16.5. The van der Waals surface area contributed by atoms with E-state index in [4.69, 9.17) is 9.47 Å². The maximum Gasteiger partial charge on any atom is 0.214 e. The Hall–Kier alpha value is -2.54. The van der Waals surface area contributed by atoms with Crippen molar-refractivity contribution in [2.45, 2.75) is 39.5 Å². The third kappa shape index (κ3) is 3.99. The van der Waals surface area contributed by atoms with Gasteiger partial charge >= 0.3 is 0 Å². The SMILES string of the molecule is COC(C)CN(C)c1cc(C2=NCc3cnc(OC(C)C)cc32)ncn1. The van der Waals surface area contributed by atoms with Gasteiger partial charge in [0, 0.05) is 50.2 Å². The molecule has 2 aromatic heterocycles. The molecule has 0 fully saturated rings. The van der Waals surface area contributed by atoms with Gasteiger partial charge in [0.2, 0.25) is 5.88 Å².